The minimum absolute atomic E-state index is 0.0648. The largest absolute Gasteiger partial charge is 0.573 e. The molecule has 24 heavy (non-hydrogen) atoms. The molecule has 0 N–H and O–H groups in total. The molecule has 2 aromatic rings. The second-order valence-corrected chi connectivity index (χ2v) is 7.55. The number of benzene rings is 1. The summed E-state index contributed by atoms with van der Waals surface area (Å²) in [7, 11) is -3.71. The van der Waals surface area contributed by atoms with Crippen molar-refractivity contribution in [1.82, 2.24) is 9.19 Å². The first-order valence-electron chi connectivity index (χ1n) is 6.86. The van der Waals surface area contributed by atoms with Crippen molar-refractivity contribution in [2.24, 2.45) is 0 Å². The van der Waals surface area contributed by atoms with Crippen LogP contribution in [0.3, 0.4) is 0 Å². The highest BCUT2D eigenvalue weighted by Gasteiger charge is 2.32. The van der Waals surface area contributed by atoms with Gasteiger partial charge < -0.3 is 4.74 Å². The first kappa shape index (κ1) is 18.1. The van der Waals surface area contributed by atoms with Gasteiger partial charge in [-0.3, -0.25) is 0 Å². The van der Waals surface area contributed by atoms with Crippen LogP contribution in [-0.2, 0) is 10.0 Å². The Bertz CT molecular complexity index is 855. The first-order valence-corrected chi connectivity index (χ1v) is 8.36. The number of ether oxygens (including phenoxy) is 1. The van der Waals surface area contributed by atoms with E-state index in [4.69, 9.17) is 0 Å². The summed E-state index contributed by atoms with van der Waals surface area (Å²) in [6.45, 7) is 6.52. The highest BCUT2D eigenvalue weighted by atomic mass is 32.2. The van der Waals surface area contributed by atoms with Gasteiger partial charge in [-0.25, -0.2) is 8.42 Å². The maximum atomic E-state index is 12.6. The van der Waals surface area contributed by atoms with Crippen LogP contribution in [0.1, 0.15) is 19.4 Å². The molecule has 1 aromatic carbocycles. The molecule has 1 heterocycles. The molecule has 0 aliphatic rings. The quantitative estimate of drug-likeness (QED) is 0.816. The van der Waals surface area contributed by atoms with E-state index in [0.717, 1.165) is 16.4 Å². The second-order valence-electron chi connectivity index (χ2n) is 5.20. The van der Waals surface area contributed by atoms with Gasteiger partial charge in [0.2, 0.25) is 0 Å². The monoisotopic (exact) mass is 360 g/mol. The zero-order chi connectivity index (χ0) is 18.1. The van der Waals surface area contributed by atoms with Gasteiger partial charge in [-0.1, -0.05) is 18.7 Å². The van der Waals surface area contributed by atoms with Crippen LogP contribution < -0.4 is 4.74 Å². The summed E-state index contributed by atoms with van der Waals surface area (Å²) in [5, 5.41) is 3.02. The van der Waals surface area contributed by atoms with Gasteiger partial charge in [0.1, 0.15) is 5.75 Å². The molecular weight excluding hydrogens is 345 g/mol. The zero-order valence-corrected chi connectivity index (χ0v) is 13.7. The van der Waals surface area contributed by atoms with E-state index in [2.05, 4.69) is 16.4 Å². The van der Waals surface area contributed by atoms with Crippen LogP contribution in [0.15, 0.2) is 37.2 Å². The maximum absolute atomic E-state index is 12.6. The number of hydrogen-bond donors (Lipinski definition) is 0. The highest BCUT2D eigenvalue weighted by molar-refractivity contribution is 7.90. The van der Waals surface area contributed by atoms with Gasteiger partial charge in [-0.05, 0) is 31.5 Å². The Morgan fingerprint density at radius 3 is 2.54 bits per heavy atom. The molecule has 0 unspecified atom stereocenters. The average Bonchev–Trinajstić information content (AvgIpc) is 2.96. The molecule has 0 fully saturated rings. The van der Waals surface area contributed by atoms with Crippen molar-refractivity contribution in [3.8, 4) is 16.9 Å². The minimum atomic E-state index is -4.87. The van der Waals surface area contributed by atoms with Crippen LogP contribution in [0.25, 0.3) is 17.2 Å². The van der Waals surface area contributed by atoms with Gasteiger partial charge in [0, 0.05) is 11.1 Å². The standard InChI is InChI=1S/C15H15F3N2O3S/c1-4-11-5-6-14(23-15(16,17)18)13(7-11)12-8-19-20(9-12)24(21,22)10(2)3/h4-10H,1H2,2-3H3. The van der Waals surface area contributed by atoms with E-state index in [1.54, 1.807) is 0 Å². The van der Waals surface area contributed by atoms with Crippen LogP contribution in [-0.4, -0.2) is 29.2 Å². The summed E-state index contributed by atoms with van der Waals surface area (Å²) in [6, 6.07) is 3.97. The number of rotatable bonds is 5. The summed E-state index contributed by atoms with van der Waals surface area (Å²) in [5.41, 5.74) is 0.802. The molecule has 0 atom stereocenters. The Balaban J connectivity index is 2.55. The van der Waals surface area contributed by atoms with E-state index in [1.165, 1.54) is 38.3 Å². The minimum Gasteiger partial charge on any atom is -0.405 e. The summed E-state index contributed by atoms with van der Waals surface area (Å²) < 4.78 is 66.6. The fourth-order valence-electron chi connectivity index (χ4n) is 1.91. The van der Waals surface area contributed by atoms with Gasteiger partial charge in [-0.15, -0.1) is 13.2 Å². The smallest absolute Gasteiger partial charge is 0.405 e. The van der Waals surface area contributed by atoms with Gasteiger partial charge in [0.15, 0.2) is 0 Å². The van der Waals surface area contributed by atoms with Crippen LogP contribution in [0.2, 0.25) is 0 Å². The van der Waals surface area contributed by atoms with Crippen LogP contribution in [0.4, 0.5) is 13.2 Å². The Kier molecular flexibility index (Phi) is 4.75. The zero-order valence-electron chi connectivity index (χ0n) is 12.9. The van der Waals surface area contributed by atoms with E-state index in [9.17, 15) is 21.6 Å². The lowest BCUT2D eigenvalue weighted by atomic mass is 10.0. The van der Waals surface area contributed by atoms with Gasteiger partial charge >= 0.3 is 6.36 Å². The second kappa shape index (κ2) is 6.31. The Morgan fingerprint density at radius 2 is 2.00 bits per heavy atom. The molecule has 0 aliphatic heterocycles. The van der Waals surface area contributed by atoms with Crippen LogP contribution in [0.5, 0.6) is 5.75 Å². The van der Waals surface area contributed by atoms with Crippen molar-refractivity contribution in [2.45, 2.75) is 25.5 Å². The fourth-order valence-corrected chi connectivity index (χ4v) is 2.78. The molecule has 0 saturated carbocycles. The summed E-state index contributed by atoms with van der Waals surface area (Å²) >= 11 is 0. The van der Waals surface area contributed by atoms with Gasteiger partial charge in [-0.2, -0.15) is 9.19 Å². The Morgan fingerprint density at radius 1 is 1.33 bits per heavy atom. The SMILES string of the molecule is C=Cc1ccc(OC(F)(F)F)c(-c2cnn(S(=O)(=O)C(C)C)c2)c1. The molecule has 0 saturated heterocycles. The molecular formula is C15H15F3N2O3S. The lowest BCUT2D eigenvalue weighted by Crippen LogP contribution is -2.22. The van der Waals surface area contributed by atoms with Gasteiger partial charge in [0.05, 0.1) is 17.6 Å². The molecule has 0 amide bonds. The molecule has 0 aliphatic carbocycles. The average molecular weight is 360 g/mol. The lowest BCUT2D eigenvalue weighted by molar-refractivity contribution is -0.274. The predicted octanol–water partition coefficient (Wildman–Crippen LogP) is 3.68. The summed E-state index contributed by atoms with van der Waals surface area (Å²) in [5.74, 6) is -0.449. The fraction of sp³-hybridized carbons (Fsp3) is 0.267. The molecule has 5 nitrogen and oxygen atoms in total. The number of nitrogens with zero attached hydrogens (tertiary/aromatic N) is 2. The van der Waals surface area contributed by atoms with Crippen molar-refractivity contribution >= 4 is 16.1 Å². The number of aromatic nitrogens is 2. The number of alkyl halides is 3. The Labute approximate surface area is 137 Å². The normalized spacial score (nSPS) is 12.4. The molecule has 2 rings (SSSR count). The van der Waals surface area contributed by atoms with Crippen LogP contribution >= 0.6 is 0 Å². The van der Waals surface area contributed by atoms with Crippen molar-refractivity contribution in [3.05, 3.63) is 42.7 Å². The van der Waals surface area contributed by atoms with Crippen molar-refractivity contribution in [3.63, 3.8) is 0 Å². The van der Waals surface area contributed by atoms with E-state index in [0.29, 0.717) is 5.56 Å². The van der Waals surface area contributed by atoms with Crippen LogP contribution in [0, 0.1) is 0 Å². The van der Waals surface area contributed by atoms with E-state index in [-0.39, 0.29) is 11.1 Å². The number of hydrogen-bond acceptors (Lipinski definition) is 4. The Hall–Kier alpha value is -2.29. The molecule has 0 spiro atoms. The summed E-state index contributed by atoms with van der Waals surface area (Å²) in [6.07, 6.45) is -1.09. The van der Waals surface area contributed by atoms with Gasteiger partial charge in [0.25, 0.3) is 10.0 Å². The molecule has 9 heteroatoms. The van der Waals surface area contributed by atoms with E-state index >= 15 is 0 Å². The van der Waals surface area contributed by atoms with E-state index in [1.807, 2.05) is 0 Å². The predicted molar refractivity (Wildman–Crippen MR) is 83.9 cm³/mol. The molecule has 0 bridgehead atoms. The highest BCUT2D eigenvalue weighted by Crippen LogP contribution is 2.35. The topological polar surface area (TPSA) is 61.2 Å². The molecule has 1 aromatic heterocycles. The third-order valence-corrected chi connectivity index (χ3v) is 5.11. The first-order chi connectivity index (χ1) is 11.0. The maximum Gasteiger partial charge on any atom is 0.573 e. The number of halogens is 3. The third-order valence-electron chi connectivity index (χ3n) is 3.19. The lowest BCUT2D eigenvalue weighted by Gasteiger charge is -2.13. The third kappa shape index (κ3) is 3.78. The van der Waals surface area contributed by atoms with E-state index < -0.39 is 27.4 Å². The van der Waals surface area contributed by atoms with Crippen molar-refractivity contribution in [1.29, 1.82) is 0 Å². The van der Waals surface area contributed by atoms with Crippen molar-refractivity contribution < 1.29 is 26.3 Å². The molecule has 130 valence electrons. The summed E-state index contributed by atoms with van der Waals surface area (Å²) in [4.78, 5) is 0. The molecule has 0 radical (unpaired) electrons. The van der Waals surface area contributed by atoms with Crippen molar-refractivity contribution in [2.75, 3.05) is 0 Å².